The summed E-state index contributed by atoms with van der Waals surface area (Å²) in [6, 6.07) is 11.5. The van der Waals surface area contributed by atoms with Gasteiger partial charge >= 0.3 is 0 Å². The van der Waals surface area contributed by atoms with Gasteiger partial charge in [0, 0.05) is 45.9 Å². The molecule has 3 heteroatoms. The maximum absolute atomic E-state index is 5.55. The number of ether oxygens (including phenoxy) is 1. The van der Waals surface area contributed by atoms with Crippen LogP contribution < -0.4 is 0 Å². The Hall–Kier alpha value is -0.900. The molecule has 2 fully saturated rings. The van der Waals surface area contributed by atoms with E-state index in [1.54, 1.807) is 0 Å². The third-order valence-corrected chi connectivity index (χ3v) is 4.54. The predicted molar refractivity (Wildman–Crippen MR) is 77.1 cm³/mol. The van der Waals surface area contributed by atoms with Crippen LogP contribution in [-0.2, 0) is 11.3 Å². The molecule has 2 saturated heterocycles. The van der Waals surface area contributed by atoms with Crippen LogP contribution in [0.15, 0.2) is 30.3 Å². The molecular weight excluding hydrogens is 236 g/mol. The van der Waals surface area contributed by atoms with Crippen LogP contribution >= 0.6 is 0 Å². The monoisotopic (exact) mass is 260 g/mol. The Kier molecular flexibility index (Phi) is 4.16. The topological polar surface area (TPSA) is 15.7 Å². The van der Waals surface area contributed by atoms with Gasteiger partial charge < -0.3 is 4.74 Å². The molecule has 2 unspecified atom stereocenters. The molecule has 1 aromatic carbocycles. The summed E-state index contributed by atoms with van der Waals surface area (Å²) in [5.41, 5.74) is 1.43. The van der Waals surface area contributed by atoms with Gasteiger partial charge in [0.25, 0.3) is 0 Å². The van der Waals surface area contributed by atoms with Crippen LogP contribution in [0.4, 0.5) is 0 Å². The van der Waals surface area contributed by atoms with E-state index in [0.29, 0.717) is 12.1 Å². The van der Waals surface area contributed by atoms with Gasteiger partial charge in [-0.3, -0.25) is 9.80 Å². The third kappa shape index (κ3) is 3.16. The van der Waals surface area contributed by atoms with Crippen molar-refractivity contribution in [1.29, 1.82) is 0 Å². The van der Waals surface area contributed by atoms with Crippen molar-refractivity contribution in [3.05, 3.63) is 35.9 Å². The smallest absolute Gasteiger partial charge is 0.0599 e. The van der Waals surface area contributed by atoms with Gasteiger partial charge in [-0.05, 0) is 18.4 Å². The molecule has 2 heterocycles. The summed E-state index contributed by atoms with van der Waals surface area (Å²) in [7, 11) is 1.85. The zero-order valence-electron chi connectivity index (χ0n) is 11.8. The van der Waals surface area contributed by atoms with Crippen molar-refractivity contribution in [2.24, 2.45) is 0 Å². The Balaban J connectivity index is 1.58. The van der Waals surface area contributed by atoms with Crippen LogP contribution in [0.3, 0.4) is 0 Å². The molecule has 3 nitrogen and oxygen atoms in total. The quantitative estimate of drug-likeness (QED) is 0.826. The molecule has 0 radical (unpaired) electrons. The molecular formula is C16H24N2O. The number of hydrogen-bond acceptors (Lipinski definition) is 3. The molecule has 2 atom stereocenters. The highest BCUT2D eigenvalue weighted by Gasteiger charge is 2.32. The lowest BCUT2D eigenvalue weighted by atomic mass is 9.96. The molecule has 2 aliphatic heterocycles. The Bertz CT molecular complexity index is 395. The van der Waals surface area contributed by atoms with Gasteiger partial charge in [0.2, 0.25) is 0 Å². The second-order valence-electron chi connectivity index (χ2n) is 5.79. The molecule has 3 rings (SSSR count). The third-order valence-electron chi connectivity index (χ3n) is 4.54. The van der Waals surface area contributed by atoms with Crippen molar-refractivity contribution in [3.8, 4) is 0 Å². The summed E-state index contributed by atoms with van der Waals surface area (Å²) < 4.78 is 5.55. The Morgan fingerprint density at radius 2 is 2.00 bits per heavy atom. The minimum absolute atomic E-state index is 0.470. The minimum atomic E-state index is 0.470. The van der Waals surface area contributed by atoms with Crippen LogP contribution in [0.25, 0.3) is 0 Å². The summed E-state index contributed by atoms with van der Waals surface area (Å²) in [4.78, 5) is 5.24. The molecule has 0 bridgehead atoms. The van der Waals surface area contributed by atoms with Gasteiger partial charge in [0.05, 0.1) is 6.10 Å². The molecule has 2 aliphatic rings. The van der Waals surface area contributed by atoms with Crippen molar-refractivity contribution in [1.82, 2.24) is 9.80 Å². The van der Waals surface area contributed by atoms with Gasteiger partial charge in [-0.2, -0.15) is 0 Å². The van der Waals surface area contributed by atoms with E-state index in [1.165, 1.54) is 44.6 Å². The molecule has 0 saturated carbocycles. The van der Waals surface area contributed by atoms with Crippen LogP contribution in [-0.4, -0.2) is 55.2 Å². The van der Waals surface area contributed by atoms with E-state index in [2.05, 4.69) is 40.1 Å². The van der Waals surface area contributed by atoms with Crippen molar-refractivity contribution in [2.45, 2.75) is 31.5 Å². The lowest BCUT2D eigenvalue weighted by molar-refractivity contribution is -0.0240. The highest BCUT2D eigenvalue weighted by Crippen LogP contribution is 2.23. The van der Waals surface area contributed by atoms with E-state index in [-0.39, 0.29) is 0 Å². The number of nitrogens with zero attached hydrogens (tertiary/aromatic N) is 2. The highest BCUT2D eigenvalue weighted by atomic mass is 16.5. The number of methoxy groups -OCH3 is 1. The largest absolute Gasteiger partial charge is 0.381 e. The van der Waals surface area contributed by atoms with E-state index >= 15 is 0 Å². The molecule has 0 aromatic heterocycles. The van der Waals surface area contributed by atoms with E-state index in [0.717, 1.165) is 6.54 Å². The molecule has 19 heavy (non-hydrogen) atoms. The predicted octanol–water partition coefficient (Wildman–Crippen LogP) is 1.98. The van der Waals surface area contributed by atoms with Gasteiger partial charge in [-0.1, -0.05) is 30.3 Å². The van der Waals surface area contributed by atoms with Gasteiger partial charge in [-0.15, -0.1) is 0 Å². The molecule has 0 amide bonds. The molecule has 0 aliphatic carbocycles. The highest BCUT2D eigenvalue weighted by molar-refractivity contribution is 5.14. The summed E-state index contributed by atoms with van der Waals surface area (Å²) in [6.07, 6.45) is 2.87. The zero-order valence-corrected chi connectivity index (χ0v) is 11.8. The Labute approximate surface area is 116 Å². The summed E-state index contributed by atoms with van der Waals surface area (Å²) in [6.45, 7) is 5.90. The van der Waals surface area contributed by atoms with Crippen molar-refractivity contribution < 1.29 is 4.74 Å². The molecule has 104 valence electrons. The average molecular weight is 260 g/mol. The second kappa shape index (κ2) is 6.04. The molecule has 0 spiro atoms. The maximum Gasteiger partial charge on any atom is 0.0599 e. The number of piperazine rings is 1. The number of rotatable bonds is 3. The number of benzene rings is 1. The average Bonchev–Trinajstić information content (AvgIpc) is 2.47. The fraction of sp³-hybridized carbons (Fsp3) is 0.625. The van der Waals surface area contributed by atoms with Crippen LogP contribution in [0, 0.1) is 0 Å². The fourth-order valence-electron chi connectivity index (χ4n) is 3.41. The fourth-order valence-corrected chi connectivity index (χ4v) is 3.41. The standard InChI is InChI=1S/C16H24N2O/c1-19-16-7-8-18-10-9-17(13-15(18)11-16)12-14-5-3-2-4-6-14/h2-6,15-16H,7-13H2,1H3. The number of fused-ring (bicyclic) bond motifs is 1. The zero-order chi connectivity index (χ0) is 13.1. The van der Waals surface area contributed by atoms with Crippen molar-refractivity contribution in [2.75, 3.05) is 33.3 Å². The van der Waals surface area contributed by atoms with E-state index < -0.39 is 0 Å². The van der Waals surface area contributed by atoms with Gasteiger partial charge in [0.15, 0.2) is 0 Å². The lowest BCUT2D eigenvalue weighted by Crippen LogP contribution is -2.56. The summed E-state index contributed by atoms with van der Waals surface area (Å²) >= 11 is 0. The van der Waals surface area contributed by atoms with E-state index in [4.69, 9.17) is 4.74 Å². The second-order valence-corrected chi connectivity index (χ2v) is 5.79. The summed E-state index contributed by atoms with van der Waals surface area (Å²) in [5.74, 6) is 0. The first-order chi connectivity index (χ1) is 9.35. The van der Waals surface area contributed by atoms with Crippen LogP contribution in [0.5, 0.6) is 0 Å². The van der Waals surface area contributed by atoms with Gasteiger partial charge in [0.1, 0.15) is 0 Å². The van der Waals surface area contributed by atoms with E-state index in [9.17, 15) is 0 Å². The summed E-state index contributed by atoms with van der Waals surface area (Å²) in [5, 5.41) is 0. The van der Waals surface area contributed by atoms with Crippen LogP contribution in [0.2, 0.25) is 0 Å². The van der Waals surface area contributed by atoms with Crippen molar-refractivity contribution >= 4 is 0 Å². The van der Waals surface area contributed by atoms with Crippen LogP contribution in [0.1, 0.15) is 18.4 Å². The first-order valence-corrected chi connectivity index (χ1v) is 7.38. The Morgan fingerprint density at radius 3 is 2.79 bits per heavy atom. The minimum Gasteiger partial charge on any atom is -0.381 e. The number of piperidine rings is 1. The maximum atomic E-state index is 5.55. The molecule has 1 aromatic rings. The SMILES string of the molecule is COC1CCN2CCN(Cc3ccccc3)CC2C1. The first kappa shape index (κ1) is 13.1. The Morgan fingerprint density at radius 1 is 1.16 bits per heavy atom. The normalized spacial score (nSPS) is 29.1. The van der Waals surface area contributed by atoms with Crippen molar-refractivity contribution in [3.63, 3.8) is 0 Å². The first-order valence-electron chi connectivity index (χ1n) is 7.38. The number of hydrogen-bond donors (Lipinski definition) is 0. The lowest BCUT2D eigenvalue weighted by Gasteiger charge is -2.46. The molecule has 0 N–H and O–H groups in total. The van der Waals surface area contributed by atoms with Gasteiger partial charge in [-0.25, -0.2) is 0 Å². The van der Waals surface area contributed by atoms with E-state index in [1.807, 2.05) is 7.11 Å².